The zero-order valence-electron chi connectivity index (χ0n) is 20.5. The fraction of sp³-hybridized carbons (Fsp3) is 0.370. The van der Waals surface area contributed by atoms with Gasteiger partial charge in [0.1, 0.15) is 17.0 Å². The summed E-state index contributed by atoms with van der Waals surface area (Å²) >= 11 is 0. The number of carbonyl (C=O) groups excluding carboxylic acids is 1. The van der Waals surface area contributed by atoms with Gasteiger partial charge in [-0.05, 0) is 62.9 Å². The predicted molar refractivity (Wildman–Crippen MR) is 135 cm³/mol. The van der Waals surface area contributed by atoms with Gasteiger partial charge in [0.15, 0.2) is 0 Å². The first-order chi connectivity index (χ1) is 16.7. The molecule has 2 aromatic carbocycles. The fourth-order valence-corrected chi connectivity index (χ4v) is 4.77. The highest BCUT2D eigenvalue weighted by molar-refractivity contribution is 6.04. The summed E-state index contributed by atoms with van der Waals surface area (Å²) in [6.07, 6.45) is 1.18. The second-order valence-electron chi connectivity index (χ2n) is 9.99. The smallest absolute Gasteiger partial charge is 0.410 e. The van der Waals surface area contributed by atoms with Gasteiger partial charge in [-0.25, -0.2) is 9.31 Å². The Hall–Kier alpha value is -3.81. The molecule has 1 aliphatic rings. The first-order valence-electron chi connectivity index (χ1n) is 11.9. The van der Waals surface area contributed by atoms with Crippen molar-refractivity contribution in [3.8, 4) is 16.9 Å². The first kappa shape index (κ1) is 23.0. The van der Waals surface area contributed by atoms with Crippen LogP contribution in [0.2, 0.25) is 0 Å². The van der Waals surface area contributed by atoms with Crippen molar-refractivity contribution >= 4 is 22.6 Å². The molecule has 0 spiro atoms. The monoisotopic (exact) mass is 474 g/mol. The van der Waals surface area contributed by atoms with Crippen LogP contribution in [0.15, 0.2) is 53.3 Å². The molecule has 182 valence electrons. The summed E-state index contributed by atoms with van der Waals surface area (Å²) in [6, 6.07) is 15.5. The Bertz CT molecular complexity index is 1440. The number of ether oxygens (including phenoxy) is 2. The zero-order chi connectivity index (χ0) is 24.7. The van der Waals surface area contributed by atoms with Gasteiger partial charge >= 0.3 is 6.09 Å². The average Bonchev–Trinajstić information content (AvgIpc) is 3.21. The molecule has 4 aromatic rings. The third-order valence-electron chi connectivity index (χ3n) is 6.43. The minimum absolute atomic E-state index is 0.109. The topological polar surface area (TPSA) is 88.9 Å². The molecule has 1 N–H and O–H groups in total. The van der Waals surface area contributed by atoms with E-state index in [9.17, 15) is 9.59 Å². The van der Waals surface area contributed by atoms with Crippen molar-refractivity contribution in [3.05, 3.63) is 64.6 Å². The van der Waals surface area contributed by atoms with Crippen LogP contribution in [-0.4, -0.2) is 51.4 Å². The van der Waals surface area contributed by atoms with E-state index in [1.54, 1.807) is 18.1 Å². The minimum Gasteiger partial charge on any atom is -0.497 e. The number of amides is 1. The highest BCUT2D eigenvalue weighted by Gasteiger charge is 2.29. The summed E-state index contributed by atoms with van der Waals surface area (Å²) in [5.74, 6) is 0.895. The molecule has 0 atom stereocenters. The van der Waals surface area contributed by atoms with Gasteiger partial charge in [0.25, 0.3) is 5.56 Å². The number of H-pyrrole nitrogens is 1. The van der Waals surface area contributed by atoms with Gasteiger partial charge in [-0.1, -0.05) is 24.3 Å². The number of fused-ring (bicyclic) bond motifs is 3. The highest BCUT2D eigenvalue weighted by atomic mass is 16.6. The molecule has 2 aromatic heterocycles. The number of aromatic nitrogens is 3. The Morgan fingerprint density at radius 3 is 2.46 bits per heavy atom. The van der Waals surface area contributed by atoms with Crippen LogP contribution < -0.4 is 10.3 Å². The van der Waals surface area contributed by atoms with Gasteiger partial charge in [0.2, 0.25) is 0 Å². The lowest BCUT2D eigenvalue weighted by Crippen LogP contribution is -2.41. The van der Waals surface area contributed by atoms with Gasteiger partial charge in [0, 0.05) is 25.1 Å². The number of aromatic amines is 1. The second-order valence-corrected chi connectivity index (χ2v) is 9.99. The number of rotatable bonds is 3. The van der Waals surface area contributed by atoms with Crippen molar-refractivity contribution in [3.63, 3.8) is 0 Å². The number of benzene rings is 2. The third kappa shape index (κ3) is 4.48. The molecule has 8 heteroatoms. The second kappa shape index (κ2) is 8.76. The van der Waals surface area contributed by atoms with Crippen LogP contribution in [0.4, 0.5) is 4.79 Å². The molecule has 1 fully saturated rings. The van der Waals surface area contributed by atoms with Crippen molar-refractivity contribution in [2.75, 3.05) is 20.2 Å². The van der Waals surface area contributed by atoms with Crippen LogP contribution in [-0.2, 0) is 4.74 Å². The van der Waals surface area contributed by atoms with E-state index >= 15 is 0 Å². The zero-order valence-corrected chi connectivity index (χ0v) is 20.5. The van der Waals surface area contributed by atoms with Crippen LogP contribution in [0.25, 0.3) is 27.7 Å². The van der Waals surface area contributed by atoms with Crippen LogP contribution in [0, 0.1) is 0 Å². The Kier molecular flexibility index (Phi) is 5.75. The minimum atomic E-state index is -0.524. The van der Waals surface area contributed by atoms with Crippen LogP contribution in [0.5, 0.6) is 5.75 Å². The lowest BCUT2D eigenvalue weighted by Gasteiger charge is -2.33. The van der Waals surface area contributed by atoms with E-state index in [1.165, 1.54) is 0 Å². The van der Waals surface area contributed by atoms with Crippen molar-refractivity contribution in [2.45, 2.75) is 45.1 Å². The number of hydrogen-bond donors (Lipinski definition) is 1. The van der Waals surface area contributed by atoms with Gasteiger partial charge in [0.05, 0.1) is 23.7 Å². The number of likely N-dealkylation sites (tertiary alicyclic amines) is 1. The number of nitrogens with one attached hydrogen (secondary N) is 1. The highest BCUT2D eigenvalue weighted by Crippen LogP contribution is 2.34. The summed E-state index contributed by atoms with van der Waals surface area (Å²) in [4.78, 5) is 30.0. The van der Waals surface area contributed by atoms with E-state index in [0.717, 1.165) is 46.3 Å². The molecule has 0 unspecified atom stereocenters. The van der Waals surface area contributed by atoms with Crippen LogP contribution >= 0.6 is 0 Å². The molecule has 3 heterocycles. The van der Waals surface area contributed by atoms with Crippen LogP contribution in [0.3, 0.4) is 0 Å². The molecule has 1 amide bonds. The van der Waals surface area contributed by atoms with E-state index < -0.39 is 5.60 Å². The molecule has 1 saturated heterocycles. The number of nitrogens with zero attached hydrogens (tertiary/aromatic N) is 3. The number of methoxy groups -OCH3 is 1. The number of hydrogen-bond acceptors (Lipinski definition) is 5. The Labute approximate surface area is 203 Å². The normalized spacial score (nSPS) is 15.0. The maximum absolute atomic E-state index is 12.8. The molecule has 8 nitrogen and oxygen atoms in total. The summed E-state index contributed by atoms with van der Waals surface area (Å²) in [7, 11) is 1.64. The maximum Gasteiger partial charge on any atom is 0.410 e. The van der Waals surface area contributed by atoms with E-state index in [2.05, 4.69) is 4.98 Å². The first-order valence-corrected chi connectivity index (χ1v) is 11.9. The van der Waals surface area contributed by atoms with Crippen molar-refractivity contribution in [2.24, 2.45) is 0 Å². The van der Waals surface area contributed by atoms with Gasteiger partial charge in [-0.15, -0.1) is 0 Å². The quantitative estimate of drug-likeness (QED) is 0.453. The Morgan fingerprint density at radius 1 is 1.09 bits per heavy atom. The van der Waals surface area contributed by atoms with Crippen molar-refractivity contribution in [1.29, 1.82) is 0 Å². The molecule has 0 aliphatic carbocycles. The largest absolute Gasteiger partial charge is 0.497 e. The predicted octanol–water partition coefficient (Wildman–Crippen LogP) is 4.97. The summed E-state index contributed by atoms with van der Waals surface area (Å²) < 4.78 is 12.7. The molecular formula is C27H30N4O4. The van der Waals surface area contributed by atoms with Crippen molar-refractivity contribution in [1.82, 2.24) is 19.5 Å². The van der Waals surface area contributed by atoms with E-state index in [4.69, 9.17) is 14.6 Å². The molecule has 5 rings (SSSR count). The summed E-state index contributed by atoms with van der Waals surface area (Å²) in [6.45, 7) is 6.76. The van der Waals surface area contributed by atoms with E-state index in [1.807, 2.05) is 67.8 Å². The van der Waals surface area contributed by atoms with Gasteiger partial charge < -0.3 is 19.4 Å². The molecule has 0 saturated carbocycles. The Balaban J connectivity index is 1.51. The SMILES string of the molecule is COc1ccc(-c2cccc3nn4c(C5CCN(C(=O)OC(C)(C)C)CC5)cc(=O)[nH]c4c23)cc1. The summed E-state index contributed by atoms with van der Waals surface area (Å²) in [5.41, 5.74) is 3.69. The standard InChI is InChI=1S/C27H30N4O4/c1-27(2,3)35-26(33)30-14-12-18(13-15-30)22-16-23(32)28-25-24-20(6-5-7-21(24)29-31(22)25)17-8-10-19(34-4)11-9-17/h5-11,16,18H,12-15H2,1-4H3,(H,28,32). The van der Waals surface area contributed by atoms with E-state index in [-0.39, 0.29) is 17.6 Å². The molecular weight excluding hydrogens is 444 g/mol. The third-order valence-corrected chi connectivity index (χ3v) is 6.43. The fourth-order valence-electron chi connectivity index (χ4n) is 4.77. The van der Waals surface area contributed by atoms with Crippen molar-refractivity contribution < 1.29 is 14.3 Å². The lowest BCUT2D eigenvalue weighted by molar-refractivity contribution is 0.0203. The van der Waals surface area contributed by atoms with E-state index in [0.29, 0.717) is 18.7 Å². The summed E-state index contributed by atoms with van der Waals surface area (Å²) in [5, 5.41) is 5.78. The van der Waals surface area contributed by atoms with Crippen LogP contribution in [0.1, 0.15) is 45.2 Å². The maximum atomic E-state index is 12.8. The lowest BCUT2D eigenvalue weighted by atomic mass is 9.93. The molecule has 1 aliphatic heterocycles. The van der Waals surface area contributed by atoms with Gasteiger partial charge in [-0.3, -0.25) is 4.79 Å². The molecule has 0 bridgehead atoms. The number of piperidine rings is 1. The number of carbonyl (C=O) groups is 1. The van der Waals surface area contributed by atoms with Gasteiger partial charge in [-0.2, -0.15) is 5.10 Å². The molecule has 35 heavy (non-hydrogen) atoms. The Morgan fingerprint density at radius 2 is 1.80 bits per heavy atom. The average molecular weight is 475 g/mol. The molecule has 0 radical (unpaired) electrons.